The van der Waals surface area contributed by atoms with Gasteiger partial charge in [0.15, 0.2) is 11.6 Å². The van der Waals surface area contributed by atoms with Gasteiger partial charge < -0.3 is 5.73 Å². The average molecular weight is 256 g/mol. The van der Waals surface area contributed by atoms with E-state index in [0.717, 1.165) is 5.56 Å². The molecular formula is C11H12N8. The SMILES string of the molecule is Nc1cn(Cc2nnnn2Cc2ccccc2)nn1. The number of nitrogens with zero attached hydrogens (tertiary/aromatic N) is 7. The van der Waals surface area contributed by atoms with Crippen molar-refractivity contribution in [2.75, 3.05) is 5.73 Å². The highest BCUT2D eigenvalue weighted by Crippen LogP contribution is 2.04. The van der Waals surface area contributed by atoms with Crippen LogP contribution in [0.1, 0.15) is 11.4 Å². The van der Waals surface area contributed by atoms with Gasteiger partial charge in [0.25, 0.3) is 0 Å². The minimum atomic E-state index is 0.377. The Kier molecular flexibility index (Phi) is 2.89. The maximum absolute atomic E-state index is 5.52. The molecule has 19 heavy (non-hydrogen) atoms. The van der Waals surface area contributed by atoms with Crippen molar-refractivity contribution in [1.82, 2.24) is 35.2 Å². The molecule has 2 heterocycles. The number of anilines is 1. The van der Waals surface area contributed by atoms with E-state index in [4.69, 9.17) is 5.73 Å². The van der Waals surface area contributed by atoms with Crippen molar-refractivity contribution in [2.24, 2.45) is 0 Å². The summed E-state index contributed by atoms with van der Waals surface area (Å²) in [7, 11) is 0. The fourth-order valence-corrected chi connectivity index (χ4v) is 1.75. The molecule has 3 rings (SSSR count). The van der Waals surface area contributed by atoms with Crippen LogP contribution in [0.5, 0.6) is 0 Å². The Morgan fingerprint density at radius 1 is 1.00 bits per heavy atom. The molecule has 3 aromatic rings. The highest BCUT2D eigenvalue weighted by Gasteiger charge is 2.08. The van der Waals surface area contributed by atoms with E-state index in [9.17, 15) is 0 Å². The molecule has 0 unspecified atom stereocenters. The Hall–Kier alpha value is -2.77. The predicted molar refractivity (Wildman–Crippen MR) is 66.9 cm³/mol. The molecule has 8 nitrogen and oxygen atoms in total. The maximum Gasteiger partial charge on any atom is 0.173 e. The zero-order chi connectivity index (χ0) is 13.1. The summed E-state index contributed by atoms with van der Waals surface area (Å²) in [5.74, 6) is 1.08. The van der Waals surface area contributed by atoms with Crippen molar-refractivity contribution in [3.05, 3.63) is 47.9 Å². The highest BCUT2D eigenvalue weighted by atomic mass is 15.6. The quantitative estimate of drug-likeness (QED) is 0.702. The lowest BCUT2D eigenvalue weighted by Crippen LogP contribution is -2.11. The van der Waals surface area contributed by atoms with E-state index < -0.39 is 0 Å². The van der Waals surface area contributed by atoms with Gasteiger partial charge in [-0.05, 0) is 16.0 Å². The van der Waals surface area contributed by atoms with Gasteiger partial charge in [-0.2, -0.15) is 0 Å². The second-order valence-corrected chi connectivity index (χ2v) is 4.08. The molecule has 0 aliphatic heterocycles. The first kappa shape index (κ1) is 11.3. The van der Waals surface area contributed by atoms with Crippen LogP contribution in [-0.4, -0.2) is 35.2 Å². The van der Waals surface area contributed by atoms with Crippen LogP contribution in [0.25, 0.3) is 0 Å². The summed E-state index contributed by atoms with van der Waals surface area (Å²) in [6.45, 7) is 1.05. The number of hydrogen-bond acceptors (Lipinski definition) is 6. The van der Waals surface area contributed by atoms with Crippen LogP contribution in [0, 0.1) is 0 Å². The molecular weight excluding hydrogens is 244 g/mol. The van der Waals surface area contributed by atoms with E-state index in [2.05, 4.69) is 25.8 Å². The van der Waals surface area contributed by atoms with E-state index in [0.29, 0.717) is 24.7 Å². The van der Waals surface area contributed by atoms with Crippen LogP contribution in [-0.2, 0) is 13.1 Å². The van der Waals surface area contributed by atoms with Gasteiger partial charge in [0.05, 0.1) is 12.7 Å². The van der Waals surface area contributed by atoms with Crippen molar-refractivity contribution < 1.29 is 0 Å². The van der Waals surface area contributed by atoms with Crippen molar-refractivity contribution in [3.8, 4) is 0 Å². The summed E-state index contributed by atoms with van der Waals surface area (Å²) in [5, 5.41) is 19.3. The molecule has 0 saturated carbocycles. The number of benzene rings is 1. The molecule has 96 valence electrons. The van der Waals surface area contributed by atoms with Crippen LogP contribution in [0.15, 0.2) is 36.5 Å². The zero-order valence-corrected chi connectivity index (χ0v) is 10.1. The number of tetrazole rings is 1. The fraction of sp³-hybridized carbons (Fsp3) is 0.182. The smallest absolute Gasteiger partial charge is 0.173 e. The Morgan fingerprint density at radius 3 is 2.58 bits per heavy atom. The topological polar surface area (TPSA) is 100 Å². The minimum Gasteiger partial charge on any atom is -0.381 e. The molecule has 2 aromatic heterocycles. The predicted octanol–water partition coefficient (Wildman–Crippen LogP) is -0.0566. The summed E-state index contributed by atoms with van der Waals surface area (Å²) in [6.07, 6.45) is 1.64. The highest BCUT2D eigenvalue weighted by molar-refractivity contribution is 5.20. The summed E-state index contributed by atoms with van der Waals surface area (Å²) < 4.78 is 3.33. The summed E-state index contributed by atoms with van der Waals surface area (Å²) in [5.41, 5.74) is 6.65. The Labute approximate surface area is 108 Å². The van der Waals surface area contributed by atoms with Crippen LogP contribution < -0.4 is 5.73 Å². The van der Waals surface area contributed by atoms with Crippen molar-refractivity contribution in [1.29, 1.82) is 0 Å². The van der Waals surface area contributed by atoms with E-state index in [1.807, 2.05) is 30.3 Å². The molecule has 0 fully saturated rings. The lowest BCUT2D eigenvalue weighted by molar-refractivity contribution is 0.564. The lowest BCUT2D eigenvalue weighted by atomic mass is 10.2. The van der Waals surface area contributed by atoms with Crippen molar-refractivity contribution in [3.63, 3.8) is 0 Å². The van der Waals surface area contributed by atoms with Gasteiger partial charge in [0, 0.05) is 0 Å². The lowest BCUT2D eigenvalue weighted by Gasteiger charge is -2.04. The second-order valence-electron chi connectivity index (χ2n) is 4.08. The van der Waals surface area contributed by atoms with E-state index >= 15 is 0 Å². The third kappa shape index (κ3) is 2.57. The number of nitrogens with two attached hydrogens (primary N) is 1. The van der Waals surface area contributed by atoms with E-state index in [1.54, 1.807) is 15.6 Å². The van der Waals surface area contributed by atoms with Gasteiger partial charge in [-0.15, -0.1) is 10.2 Å². The molecule has 0 bridgehead atoms. The summed E-state index contributed by atoms with van der Waals surface area (Å²) in [4.78, 5) is 0. The number of hydrogen-bond donors (Lipinski definition) is 1. The van der Waals surface area contributed by atoms with Crippen LogP contribution in [0.3, 0.4) is 0 Å². The molecule has 0 spiro atoms. The second kappa shape index (κ2) is 4.84. The van der Waals surface area contributed by atoms with Gasteiger partial charge in [0.2, 0.25) is 0 Å². The van der Waals surface area contributed by atoms with Crippen LogP contribution >= 0.6 is 0 Å². The maximum atomic E-state index is 5.52. The third-order valence-electron chi connectivity index (χ3n) is 2.64. The zero-order valence-electron chi connectivity index (χ0n) is 10.1. The monoisotopic (exact) mass is 256 g/mol. The molecule has 0 aliphatic rings. The van der Waals surface area contributed by atoms with Gasteiger partial charge in [-0.3, -0.25) is 0 Å². The van der Waals surface area contributed by atoms with Crippen LogP contribution in [0.2, 0.25) is 0 Å². The van der Waals surface area contributed by atoms with Gasteiger partial charge in [-0.25, -0.2) is 9.36 Å². The number of nitrogen functional groups attached to an aromatic ring is 1. The normalized spacial score (nSPS) is 10.7. The first-order chi connectivity index (χ1) is 9.31. The standard InChI is InChI=1S/C11H12N8/c12-10-7-18(16-13-10)8-11-14-15-17-19(11)6-9-4-2-1-3-5-9/h1-5,7H,6,8,12H2. The van der Waals surface area contributed by atoms with E-state index in [-0.39, 0.29) is 0 Å². The minimum absolute atomic E-state index is 0.377. The Bertz CT molecular complexity index is 656. The van der Waals surface area contributed by atoms with Crippen LogP contribution in [0.4, 0.5) is 5.82 Å². The summed E-state index contributed by atoms with van der Waals surface area (Å²) >= 11 is 0. The van der Waals surface area contributed by atoms with Gasteiger partial charge in [-0.1, -0.05) is 35.5 Å². The van der Waals surface area contributed by atoms with Gasteiger partial charge in [0.1, 0.15) is 6.54 Å². The molecule has 0 saturated heterocycles. The molecule has 0 amide bonds. The molecule has 8 heteroatoms. The first-order valence-electron chi connectivity index (χ1n) is 5.76. The number of aromatic nitrogens is 7. The van der Waals surface area contributed by atoms with Crippen molar-refractivity contribution in [2.45, 2.75) is 13.1 Å². The Morgan fingerprint density at radius 2 is 1.84 bits per heavy atom. The molecule has 0 aliphatic carbocycles. The molecule has 0 radical (unpaired) electrons. The van der Waals surface area contributed by atoms with Gasteiger partial charge >= 0.3 is 0 Å². The molecule has 1 aromatic carbocycles. The summed E-state index contributed by atoms with van der Waals surface area (Å²) in [6, 6.07) is 10.00. The van der Waals surface area contributed by atoms with Crippen molar-refractivity contribution >= 4 is 5.82 Å². The fourth-order valence-electron chi connectivity index (χ4n) is 1.75. The number of rotatable bonds is 4. The Balaban J connectivity index is 1.79. The average Bonchev–Trinajstić information content (AvgIpc) is 3.01. The molecule has 0 atom stereocenters. The molecule has 2 N–H and O–H groups in total. The third-order valence-corrected chi connectivity index (χ3v) is 2.64. The largest absolute Gasteiger partial charge is 0.381 e. The first-order valence-corrected chi connectivity index (χ1v) is 5.76. The van der Waals surface area contributed by atoms with E-state index in [1.165, 1.54) is 0 Å².